The van der Waals surface area contributed by atoms with Crippen LogP contribution in [0.3, 0.4) is 0 Å². The lowest BCUT2D eigenvalue weighted by Gasteiger charge is -2.49. The average Bonchev–Trinajstić information content (AvgIpc) is 3.49. The zero-order chi connectivity index (χ0) is 35.1. The van der Waals surface area contributed by atoms with Crippen LogP contribution in [-0.2, 0) is 23.9 Å². The minimum Gasteiger partial charge on any atom is -0.504 e. The highest BCUT2D eigenvalue weighted by molar-refractivity contribution is 6.32. The van der Waals surface area contributed by atoms with Crippen molar-refractivity contribution in [3.63, 3.8) is 0 Å². The van der Waals surface area contributed by atoms with Crippen LogP contribution in [-0.4, -0.2) is 62.1 Å². The molecule has 0 radical (unpaired) electrons. The molecule has 0 spiro atoms. The molecule has 2 aliphatic carbocycles. The lowest BCUT2D eigenvalue weighted by molar-refractivity contribution is -0.131. The van der Waals surface area contributed by atoms with Gasteiger partial charge >= 0.3 is 0 Å². The van der Waals surface area contributed by atoms with Crippen LogP contribution in [0.2, 0.25) is 5.02 Å². The number of carbonyl (C=O) groups excluding carboxylic acids is 4. The van der Waals surface area contributed by atoms with Gasteiger partial charge in [-0.05, 0) is 85.8 Å². The maximum absolute atomic E-state index is 14.6. The van der Waals surface area contributed by atoms with Gasteiger partial charge in [0.25, 0.3) is 0 Å². The monoisotopic (exact) mass is 699 g/mol. The van der Waals surface area contributed by atoms with Crippen LogP contribution in [0, 0.1) is 34.9 Å². The Bertz CT molecular complexity index is 1980. The third-order valence-electron chi connectivity index (χ3n) is 11.5. The Hall–Kier alpha value is -4.74. The van der Waals surface area contributed by atoms with Crippen LogP contribution in [0.5, 0.6) is 11.5 Å². The number of hydrogen-bond donors (Lipinski definition) is 1. The molecule has 1 saturated carbocycles. The van der Waals surface area contributed by atoms with E-state index >= 15 is 0 Å². The number of halogens is 2. The number of phenolic OH excluding ortho intramolecular Hbond substituents is 1. The maximum atomic E-state index is 14.6. The van der Waals surface area contributed by atoms with E-state index in [0.29, 0.717) is 24.5 Å². The summed E-state index contributed by atoms with van der Waals surface area (Å²) in [5, 5.41) is 10.6. The molecule has 5 aliphatic rings. The van der Waals surface area contributed by atoms with Crippen LogP contribution in [0.1, 0.15) is 31.2 Å². The molecular weight excluding hydrogens is 665 g/mol. The van der Waals surface area contributed by atoms with Gasteiger partial charge in [0.1, 0.15) is 5.82 Å². The number of morpholine rings is 1. The lowest BCUT2D eigenvalue weighted by atomic mass is 9.51. The van der Waals surface area contributed by atoms with Gasteiger partial charge < -0.3 is 19.5 Å². The number of fused-ring (bicyclic) bond motifs is 4. The van der Waals surface area contributed by atoms with E-state index in [0.717, 1.165) is 35.3 Å². The molecule has 3 heterocycles. The SMILES string of the molecule is COc1ccc(C2C3=CCC4C(=O)N(c5ccc(N6CCOCC6)cc5)C(=O)C4C3CC3C(=O)N(c4ccc(F)c(Cl)c4)C(=O)C32C)cc1O. The summed E-state index contributed by atoms with van der Waals surface area (Å²) in [5.41, 5.74) is 1.61. The first-order valence-corrected chi connectivity index (χ1v) is 17.1. The highest BCUT2D eigenvalue weighted by Crippen LogP contribution is 2.64. The highest BCUT2D eigenvalue weighted by atomic mass is 35.5. The summed E-state index contributed by atoms with van der Waals surface area (Å²) in [4.78, 5) is 61.9. The summed E-state index contributed by atoms with van der Waals surface area (Å²) in [6.07, 6.45) is 2.38. The Morgan fingerprint density at radius 3 is 2.26 bits per heavy atom. The molecule has 258 valence electrons. The van der Waals surface area contributed by atoms with Gasteiger partial charge in [-0.15, -0.1) is 0 Å². The largest absolute Gasteiger partial charge is 0.504 e. The van der Waals surface area contributed by atoms with E-state index in [1.165, 1.54) is 30.2 Å². The number of anilines is 3. The fourth-order valence-electron chi connectivity index (χ4n) is 9.04. The number of amides is 4. The molecule has 8 rings (SSSR count). The second kappa shape index (κ2) is 11.9. The Labute approximate surface area is 293 Å². The van der Waals surface area contributed by atoms with Gasteiger partial charge in [0.2, 0.25) is 23.6 Å². The highest BCUT2D eigenvalue weighted by Gasteiger charge is 2.67. The number of benzene rings is 3. The number of methoxy groups -OCH3 is 1. The summed E-state index contributed by atoms with van der Waals surface area (Å²) in [6.45, 7) is 4.50. The second-order valence-corrected chi connectivity index (χ2v) is 14.2. The third kappa shape index (κ3) is 4.70. The van der Waals surface area contributed by atoms with Gasteiger partial charge in [0, 0.05) is 24.7 Å². The quantitative estimate of drug-likeness (QED) is 0.276. The number of aromatic hydroxyl groups is 1. The molecule has 12 heteroatoms. The van der Waals surface area contributed by atoms with Crippen molar-refractivity contribution >= 4 is 52.3 Å². The van der Waals surface area contributed by atoms with Gasteiger partial charge in [-0.1, -0.05) is 29.3 Å². The Balaban J connectivity index is 1.19. The second-order valence-electron chi connectivity index (χ2n) is 13.8. The van der Waals surface area contributed by atoms with Crippen molar-refractivity contribution in [2.24, 2.45) is 29.1 Å². The number of hydrogen-bond acceptors (Lipinski definition) is 8. The van der Waals surface area contributed by atoms with Crippen molar-refractivity contribution in [1.82, 2.24) is 0 Å². The van der Waals surface area contributed by atoms with Crippen LogP contribution in [0.4, 0.5) is 21.5 Å². The topological polar surface area (TPSA) is 117 Å². The van der Waals surface area contributed by atoms with Crippen molar-refractivity contribution in [1.29, 1.82) is 0 Å². The summed E-state index contributed by atoms with van der Waals surface area (Å²) < 4.78 is 24.9. The van der Waals surface area contributed by atoms with E-state index in [4.69, 9.17) is 21.1 Å². The fourth-order valence-corrected chi connectivity index (χ4v) is 9.22. The lowest BCUT2D eigenvalue weighted by Crippen LogP contribution is -2.48. The third-order valence-corrected chi connectivity index (χ3v) is 11.7. The summed E-state index contributed by atoms with van der Waals surface area (Å²) in [7, 11) is 1.43. The molecule has 3 aromatic carbocycles. The first-order chi connectivity index (χ1) is 24.0. The van der Waals surface area contributed by atoms with Gasteiger partial charge in [-0.3, -0.25) is 24.1 Å². The molecule has 6 unspecified atom stereocenters. The molecule has 50 heavy (non-hydrogen) atoms. The number of ether oxygens (including phenoxy) is 2. The van der Waals surface area contributed by atoms with E-state index in [-0.39, 0.29) is 46.9 Å². The Morgan fingerprint density at radius 1 is 0.880 bits per heavy atom. The van der Waals surface area contributed by atoms with E-state index in [1.807, 2.05) is 18.2 Å². The van der Waals surface area contributed by atoms with Crippen molar-refractivity contribution in [3.8, 4) is 11.5 Å². The number of carbonyl (C=O) groups is 4. The van der Waals surface area contributed by atoms with Crippen molar-refractivity contribution in [2.75, 3.05) is 48.1 Å². The van der Waals surface area contributed by atoms with E-state index in [9.17, 15) is 28.7 Å². The predicted molar refractivity (Wildman–Crippen MR) is 183 cm³/mol. The first-order valence-electron chi connectivity index (χ1n) is 16.8. The van der Waals surface area contributed by atoms with Gasteiger partial charge in [0.05, 0.1) is 59.9 Å². The van der Waals surface area contributed by atoms with E-state index < -0.39 is 52.6 Å². The van der Waals surface area contributed by atoms with Crippen molar-refractivity contribution < 1.29 is 38.1 Å². The van der Waals surface area contributed by atoms with Crippen LogP contribution < -0.4 is 19.4 Å². The van der Waals surface area contributed by atoms with Crippen LogP contribution >= 0.6 is 11.6 Å². The number of nitrogens with zero attached hydrogens (tertiary/aromatic N) is 3. The smallest absolute Gasteiger partial charge is 0.241 e. The summed E-state index contributed by atoms with van der Waals surface area (Å²) >= 11 is 6.09. The van der Waals surface area contributed by atoms with Crippen molar-refractivity contribution in [3.05, 3.63) is 88.7 Å². The number of imide groups is 2. The molecule has 0 aromatic heterocycles. The molecular formula is C38H35ClFN3O7. The van der Waals surface area contributed by atoms with Gasteiger partial charge in [0.15, 0.2) is 11.5 Å². The molecule has 3 aliphatic heterocycles. The maximum Gasteiger partial charge on any atom is 0.241 e. The predicted octanol–water partition coefficient (Wildman–Crippen LogP) is 5.47. The normalized spacial score (nSPS) is 29.2. The number of allylic oxidation sites excluding steroid dienone is 2. The van der Waals surface area contributed by atoms with Gasteiger partial charge in [-0.2, -0.15) is 0 Å². The average molecular weight is 700 g/mol. The molecule has 6 atom stereocenters. The fraction of sp³-hybridized carbons (Fsp3) is 0.368. The Morgan fingerprint density at radius 2 is 1.58 bits per heavy atom. The zero-order valence-corrected chi connectivity index (χ0v) is 28.2. The van der Waals surface area contributed by atoms with Crippen molar-refractivity contribution in [2.45, 2.75) is 25.7 Å². The van der Waals surface area contributed by atoms with Crippen LogP contribution in [0.25, 0.3) is 0 Å². The Kier molecular flexibility index (Phi) is 7.76. The minimum atomic E-state index is -1.34. The van der Waals surface area contributed by atoms with E-state index in [1.54, 1.807) is 31.2 Å². The van der Waals surface area contributed by atoms with Crippen LogP contribution in [0.15, 0.2) is 72.3 Å². The number of rotatable bonds is 5. The molecule has 3 saturated heterocycles. The molecule has 4 amide bonds. The molecule has 4 fully saturated rings. The molecule has 0 bridgehead atoms. The molecule has 1 N–H and O–H groups in total. The molecule has 10 nitrogen and oxygen atoms in total. The van der Waals surface area contributed by atoms with E-state index in [2.05, 4.69) is 4.90 Å². The first kappa shape index (κ1) is 32.5. The van der Waals surface area contributed by atoms with Gasteiger partial charge in [-0.25, -0.2) is 9.29 Å². The minimum absolute atomic E-state index is 0.140. The summed E-state index contributed by atoms with van der Waals surface area (Å²) in [6, 6.07) is 16.0. The summed E-state index contributed by atoms with van der Waals surface area (Å²) in [5.74, 6) is -5.75. The number of phenols is 1. The molecule has 3 aromatic rings. The standard InChI is InChI=1S/C38H35ClFN3O7/c1-38-27(35(46)43(37(38)48)23-8-11-29(40)28(39)18-23)19-26-24(33(38)20-3-12-31(49-2)30(44)17-20)9-10-25-32(26)36(47)42(34(25)45)22-6-4-21(5-7-22)41-13-15-50-16-14-41/h3-9,11-12,17-18,25-27,32-33,44H,10,13-16,19H2,1-2H3. The zero-order valence-electron chi connectivity index (χ0n) is 27.5.